The first-order valence-corrected chi connectivity index (χ1v) is 6.94. The number of hydrogen-bond donors (Lipinski definition) is 2. The van der Waals surface area contributed by atoms with Gasteiger partial charge in [-0.1, -0.05) is 22.0 Å². The fraction of sp³-hybridized carbons (Fsp3) is 0.538. The molecule has 0 heterocycles. The molecule has 0 aromatic heterocycles. The SMILES string of the molecule is CCOCCCC(Cc1ccc(F)cc1Br)NN. The van der Waals surface area contributed by atoms with E-state index >= 15 is 0 Å². The largest absolute Gasteiger partial charge is 0.382 e. The lowest BCUT2D eigenvalue weighted by Crippen LogP contribution is -2.37. The molecule has 3 nitrogen and oxygen atoms in total. The summed E-state index contributed by atoms with van der Waals surface area (Å²) in [4.78, 5) is 0. The Bertz CT molecular complexity index is 363. The third-order valence-corrected chi connectivity index (χ3v) is 3.50. The summed E-state index contributed by atoms with van der Waals surface area (Å²) in [5.41, 5.74) is 3.85. The topological polar surface area (TPSA) is 47.3 Å². The molecule has 1 aromatic rings. The van der Waals surface area contributed by atoms with E-state index < -0.39 is 0 Å². The Labute approximate surface area is 116 Å². The van der Waals surface area contributed by atoms with Crippen molar-refractivity contribution < 1.29 is 9.13 Å². The van der Waals surface area contributed by atoms with Crippen LogP contribution in [0.15, 0.2) is 22.7 Å². The summed E-state index contributed by atoms with van der Waals surface area (Å²) in [6.07, 6.45) is 2.66. The van der Waals surface area contributed by atoms with Crippen molar-refractivity contribution in [2.75, 3.05) is 13.2 Å². The summed E-state index contributed by atoms with van der Waals surface area (Å²) in [6, 6.07) is 4.90. The van der Waals surface area contributed by atoms with Crippen LogP contribution >= 0.6 is 15.9 Å². The standard InChI is InChI=1S/C13H20BrFN2O/c1-2-18-7-3-4-12(17-16)8-10-5-6-11(15)9-13(10)14/h5-6,9,12,17H,2-4,7-8,16H2,1H3. The fourth-order valence-corrected chi connectivity index (χ4v) is 2.29. The van der Waals surface area contributed by atoms with Gasteiger partial charge in [-0.25, -0.2) is 4.39 Å². The predicted octanol–water partition coefficient (Wildman–Crippen LogP) is 2.78. The molecule has 102 valence electrons. The van der Waals surface area contributed by atoms with Crippen LogP contribution in [0.5, 0.6) is 0 Å². The van der Waals surface area contributed by atoms with E-state index in [0.717, 1.165) is 42.5 Å². The van der Waals surface area contributed by atoms with Gasteiger partial charge in [0, 0.05) is 23.7 Å². The van der Waals surface area contributed by atoms with Crippen molar-refractivity contribution in [1.29, 1.82) is 0 Å². The molecule has 0 bridgehead atoms. The minimum Gasteiger partial charge on any atom is -0.382 e. The zero-order chi connectivity index (χ0) is 13.4. The molecule has 1 unspecified atom stereocenters. The quantitative estimate of drug-likeness (QED) is 0.440. The van der Waals surface area contributed by atoms with E-state index in [1.54, 1.807) is 6.07 Å². The molecule has 3 N–H and O–H groups in total. The maximum atomic E-state index is 13.0. The van der Waals surface area contributed by atoms with E-state index in [2.05, 4.69) is 21.4 Å². The summed E-state index contributed by atoms with van der Waals surface area (Å²) < 4.78 is 19.0. The van der Waals surface area contributed by atoms with Crippen LogP contribution in [0.1, 0.15) is 25.3 Å². The van der Waals surface area contributed by atoms with Crippen LogP contribution in [-0.4, -0.2) is 19.3 Å². The Morgan fingerprint density at radius 1 is 1.50 bits per heavy atom. The highest BCUT2D eigenvalue weighted by molar-refractivity contribution is 9.10. The second-order valence-electron chi connectivity index (χ2n) is 4.14. The molecule has 0 aliphatic rings. The van der Waals surface area contributed by atoms with Crippen LogP contribution in [0.4, 0.5) is 4.39 Å². The van der Waals surface area contributed by atoms with Crippen molar-refractivity contribution >= 4 is 15.9 Å². The molecule has 0 spiro atoms. The van der Waals surface area contributed by atoms with Crippen LogP contribution in [0.3, 0.4) is 0 Å². The fourth-order valence-electron chi connectivity index (χ4n) is 1.77. The smallest absolute Gasteiger partial charge is 0.124 e. The minimum absolute atomic E-state index is 0.173. The van der Waals surface area contributed by atoms with E-state index in [-0.39, 0.29) is 11.9 Å². The number of benzene rings is 1. The number of nitrogens with one attached hydrogen (secondary N) is 1. The molecule has 0 radical (unpaired) electrons. The molecule has 1 aromatic carbocycles. The van der Waals surface area contributed by atoms with Crippen LogP contribution in [0.25, 0.3) is 0 Å². The monoisotopic (exact) mass is 318 g/mol. The van der Waals surface area contributed by atoms with E-state index in [1.165, 1.54) is 12.1 Å². The highest BCUT2D eigenvalue weighted by Gasteiger charge is 2.10. The molecule has 0 fully saturated rings. The molecule has 0 amide bonds. The molecule has 0 aliphatic carbocycles. The first kappa shape index (κ1) is 15.6. The number of nitrogens with two attached hydrogens (primary N) is 1. The van der Waals surface area contributed by atoms with Gasteiger partial charge in [-0.2, -0.15) is 0 Å². The van der Waals surface area contributed by atoms with Gasteiger partial charge in [-0.3, -0.25) is 11.3 Å². The molecular formula is C13H20BrFN2O. The zero-order valence-corrected chi connectivity index (χ0v) is 12.2. The summed E-state index contributed by atoms with van der Waals surface area (Å²) in [5, 5.41) is 0. The van der Waals surface area contributed by atoms with Gasteiger partial charge in [0.15, 0.2) is 0 Å². The van der Waals surface area contributed by atoms with Crippen molar-refractivity contribution in [3.05, 3.63) is 34.1 Å². The van der Waals surface area contributed by atoms with E-state index in [4.69, 9.17) is 10.6 Å². The van der Waals surface area contributed by atoms with Crippen molar-refractivity contribution in [1.82, 2.24) is 5.43 Å². The minimum atomic E-state index is -0.237. The van der Waals surface area contributed by atoms with E-state index in [1.807, 2.05) is 6.92 Å². The Kier molecular flexibility index (Phi) is 7.42. The van der Waals surface area contributed by atoms with Gasteiger partial charge in [0.25, 0.3) is 0 Å². The molecule has 5 heteroatoms. The lowest BCUT2D eigenvalue weighted by molar-refractivity contribution is 0.140. The summed E-state index contributed by atoms with van der Waals surface area (Å²) in [5.74, 6) is 5.30. The summed E-state index contributed by atoms with van der Waals surface area (Å²) in [7, 11) is 0. The number of rotatable bonds is 8. The van der Waals surface area contributed by atoms with Crippen LogP contribution in [-0.2, 0) is 11.2 Å². The van der Waals surface area contributed by atoms with Gasteiger partial charge in [-0.05, 0) is 43.9 Å². The Hall–Kier alpha value is -0.490. The number of hydrogen-bond acceptors (Lipinski definition) is 3. The highest BCUT2D eigenvalue weighted by atomic mass is 79.9. The summed E-state index contributed by atoms with van der Waals surface area (Å²) >= 11 is 3.36. The maximum Gasteiger partial charge on any atom is 0.124 e. The Morgan fingerprint density at radius 3 is 2.89 bits per heavy atom. The van der Waals surface area contributed by atoms with Crippen molar-refractivity contribution in [2.45, 2.75) is 32.2 Å². The second kappa shape index (κ2) is 8.58. The predicted molar refractivity (Wildman–Crippen MR) is 74.6 cm³/mol. The van der Waals surface area contributed by atoms with Crippen molar-refractivity contribution in [3.63, 3.8) is 0 Å². The molecule has 0 saturated heterocycles. The van der Waals surface area contributed by atoms with Crippen LogP contribution in [0.2, 0.25) is 0 Å². The van der Waals surface area contributed by atoms with Crippen LogP contribution in [0, 0.1) is 5.82 Å². The Morgan fingerprint density at radius 2 is 2.28 bits per heavy atom. The lowest BCUT2D eigenvalue weighted by Gasteiger charge is -2.16. The number of hydrazine groups is 1. The van der Waals surface area contributed by atoms with Gasteiger partial charge in [0.05, 0.1) is 0 Å². The van der Waals surface area contributed by atoms with Gasteiger partial charge >= 0.3 is 0 Å². The van der Waals surface area contributed by atoms with Gasteiger partial charge in [-0.15, -0.1) is 0 Å². The average molecular weight is 319 g/mol. The average Bonchev–Trinajstić information content (AvgIpc) is 2.35. The highest BCUT2D eigenvalue weighted by Crippen LogP contribution is 2.20. The first-order valence-electron chi connectivity index (χ1n) is 6.15. The summed E-state index contributed by atoms with van der Waals surface area (Å²) in [6.45, 7) is 3.47. The third-order valence-electron chi connectivity index (χ3n) is 2.76. The van der Waals surface area contributed by atoms with Gasteiger partial charge in [0.1, 0.15) is 5.82 Å². The van der Waals surface area contributed by atoms with Gasteiger partial charge in [0.2, 0.25) is 0 Å². The number of ether oxygens (including phenoxy) is 1. The molecular weight excluding hydrogens is 299 g/mol. The molecule has 1 atom stereocenters. The first-order chi connectivity index (χ1) is 8.67. The van der Waals surface area contributed by atoms with E-state index in [9.17, 15) is 4.39 Å². The molecule has 0 aliphatic heterocycles. The number of halogens is 2. The second-order valence-corrected chi connectivity index (χ2v) is 5.00. The third kappa shape index (κ3) is 5.44. The van der Waals surface area contributed by atoms with E-state index in [0.29, 0.717) is 0 Å². The van der Waals surface area contributed by atoms with Gasteiger partial charge < -0.3 is 4.74 Å². The molecule has 18 heavy (non-hydrogen) atoms. The Balaban J connectivity index is 2.46. The molecule has 0 saturated carbocycles. The zero-order valence-electron chi connectivity index (χ0n) is 10.6. The normalized spacial score (nSPS) is 12.7. The maximum absolute atomic E-state index is 13.0. The van der Waals surface area contributed by atoms with Crippen molar-refractivity contribution in [2.24, 2.45) is 5.84 Å². The molecule has 1 rings (SSSR count). The van der Waals surface area contributed by atoms with Crippen LogP contribution < -0.4 is 11.3 Å². The van der Waals surface area contributed by atoms with Crippen molar-refractivity contribution in [3.8, 4) is 0 Å². The lowest BCUT2D eigenvalue weighted by atomic mass is 10.0.